The first-order valence-corrected chi connectivity index (χ1v) is 5.61. The van der Waals surface area contributed by atoms with E-state index in [9.17, 15) is 0 Å². The van der Waals surface area contributed by atoms with Gasteiger partial charge in [0.05, 0.1) is 20.3 Å². The number of aromatic nitrogens is 2. The topological polar surface area (TPSA) is 44.2 Å². The van der Waals surface area contributed by atoms with Gasteiger partial charge in [0, 0.05) is 6.42 Å². The van der Waals surface area contributed by atoms with Crippen LogP contribution in [0.1, 0.15) is 32.5 Å². The highest BCUT2D eigenvalue weighted by atomic mass is 16.5. The molecule has 16 heavy (non-hydrogen) atoms. The van der Waals surface area contributed by atoms with Crippen molar-refractivity contribution in [3.63, 3.8) is 0 Å². The maximum absolute atomic E-state index is 5.09. The molecule has 1 aromatic heterocycles. The number of methoxy groups -OCH3 is 2. The molecule has 4 nitrogen and oxygen atoms in total. The predicted octanol–water partition coefficient (Wildman–Crippen LogP) is 2.47. The summed E-state index contributed by atoms with van der Waals surface area (Å²) in [5, 5.41) is 0. The lowest BCUT2D eigenvalue weighted by molar-refractivity contribution is 0.367. The Labute approximate surface area is 97.0 Å². The summed E-state index contributed by atoms with van der Waals surface area (Å²) in [7, 11) is 3.19. The van der Waals surface area contributed by atoms with Gasteiger partial charge in [-0.25, -0.2) is 0 Å². The van der Waals surface area contributed by atoms with Crippen LogP contribution in [0.15, 0.2) is 6.07 Å². The first kappa shape index (κ1) is 12.7. The van der Waals surface area contributed by atoms with Gasteiger partial charge in [-0.2, -0.15) is 9.97 Å². The Morgan fingerprint density at radius 2 is 1.69 bits per heavy atom. The van der Waals surface area contributed by atoms with E-state index in [1.165, 1.54) is 6.42 Å². The molecule has 1 heterocycles. The third-order valence-corrected chi connectivity index (χ3v) is 2.33. The minimum Gasteiger partial charge on any atom is -0.481 e. The SMILES string of the molecule is COc1cc(OC)nc(CCCC(C)C)n1. The highest BCUT2D eigenvalue weighted by Gasteiger charge is 2.05. The van der Waals surface area contributed by atoms with Crippen LogP contribution in [0.25, 0.3) is 0 Å². The van der Waals surface area contributed by atoms with Gasteiger partial charge in [-0.3, -0.25) is 0 Å². The van der Waals surface area contributed by atoms with Gasteiger partial charge in [0.1, 0.15) is 5.82 Å². The summed E-state index contributed by atoms with van der Waals surface area (Å²) in [6, 6.07) is 1.69. The van der Waals surface area contributed by atoms with Crippen LogP contribution in [0.3, 0.4) is 0 Å². The number of nitrogens with zero attached hydrogens (tertiary/aromatic N) is 2. The standard InChI is InChI=1S/C12H20N2O2/c1-9(2)6-5-7-10-13-11(15-3)8-12(14-10)16-4/h8-9H,5-7H2,1-4H3. The van der Waals surface area contributed by atoms with Crippen LogP contribution < -0.4 is 9.47 Å². The van der Waals surface area contributed by atoms with Crippen LogP contribution in [0.5, 0.6) is 11.8 Å². The van der Waals surface area contributed by atoms with Crippen molar-refractivity contribution in [3.05, 3.63) is 11.9 Å². The summed E-state index contributed by atoms with van der Waals surface area (Å²) in [6.07, 6.45) is 3.14. The van der Waals surface area contributed by atoms with Gasteiger partial charge < -0.3 is 9.47 Å². The minimum absolute atomic E-state index is 0.561. The number of ether oxygens (including phenoxy) is 2. The molecule has 90 valence electrons. The van der Waals surface area contributed by atoms with Crippen LogP contribution in [-0.2, 0) is 6.42 Å². The number of aryl methyl sites for hydroxylation is 1. The van der Waals surface area contributed by atoms with Crippen molar-refractivity contribution in [2.75, 3.05) is 14.2 Å². The van der Waals surface area contributed by atoms with E-state index in [2.05, 4.69) is 23.8 Å². The monoisotopic (exact) mass is 224 g/mol. The fourth-order valence-electron chi connectivity index (χ4n) is 1.44. The molecule has 0 aliphatic heterocycles. The van der Waals surface area contributed by atoms with Gasteiger partial charge in [-0.05, 0) is 12.3 Å². The van der Waals surface area contributed by atoms with Crippen LogP contribution in [0.2, 0.25) is 0 Å². The van der Waals surface area contributed by atoms with Crippen molar-refractivity contribution in [3.8, 4) is 11.8 Å². The molecule has 0 unspecified atom stereocenters. The maximum atomic E-state index is 5.09. The molecule has 0 amide bonds. The highest BCUT2D eigenvalue weighted by Crippen LogP contribution is 2.16. The molecule has 0 N–H and O–H groups in total. The lowest BCUT2D eigenvalue weighted by Gasteiger charge is -2.07. The Hall–Kier alpha value is -1.32. The summed E-state index contributed by atoms with van der Waals surface area (Å²) in [4.78, 5) is 8.57. The van der Waals surface area contributed by atoms with E-state index in [4.69, 9.17) is 9.47 Å². The zero-order chi connectivity index (χ0) is 12.0. The van der Waals surface area contributed by atoms with Crippen LogP contribution in [0, 0.1) is 5.92 Å². The van der Waals surface area contributed by atoms with Gasteiger partial charge in [-0.1, -0.05) is 20.3 Å². The molecule has 1 aromatic rings. The molecule has 0 aromatic carbocycles. The summed E-state index contributed by atoms with van der Waals surface area (Å²) in [5.74, 6) is 2.63. The third-order valence-electron chi connectivity index (χ3n) is 2.33. The molecule has 0 aliphatic carbocycles. The molecule has 0 atom stereocenters. The molecule has 0 saturated heterocycles. The molecule has 0 radical (unpaired) electrons. The predicted molar refractivity (Wildman–Crippen MR) is 62.9 cm³/mol. The fraction of sp³-hybridized carbons (Fsp3) is 0.667. The highest BCUT2D eigenvalue weighted by molar-refractivity contribution is 5.20. The van der Waals surface area contributed by atoms with E-state index in [0.29, 0.717) is 17.7 Å². The first-order valence-electron chi connectivity index (χ1n) is 5.61. The van der Waals surface area contributed by atoms with E-state index in [1.54, 1.807) is 20.3 Å². The Bertz CT molecular complexity index is 305. The second kappa shape index (κ2) is 6.30. The molecule has 0 aliphatic rings. The van der Waals surface area contributed by atoms with E-state index in [-0.39, 0.29) is 0 Å². The fourth-order valence-corrected chi connectivity index (χ4v) is 1.44. The molecule has 0 fully saturated rings. The smallest absolute Gasteiger partial charge is 0.220 e. The van der Waals surface area contributed by atoms with Gasteiger partial charge in [0.15, 0.2) is 0 Å². The quantitative estimate of drug-likeness (QED) is 0.744. The van der Waals surface area contributed by atoms with Crippen LogP contribution >= 0.6 is 0 Å². The second-order valence-corrected chi connectivity index (χ2v) is 4.15. The number of hydrogen-bond acceptors (Lipinski definition) is 4. The molecular formula is C12H20N2O2. The molecule has 0 spiro atoms. The van der Waals surface area contributed by atoms with Crippen molar-refractivity contribution < 1.29 is 9.47 Å². The lowest BCUT2D eigenvalue weighted by Crippen LogP contribution is -2.01. The zero-order valence-electron chi connectivity index (χ0n) is 10.5. The average molecular weight is 224 g/mol. The van der Waals surface area contributed by atoms with Crippen molar-refractivity contribution in [1.29, 1.82) is 0 Å². The molecule has 0 bridgehead atoms. The Morgan fingerprint density at radius 1 is 1.12 bits per heavy atom. The van der Waals surface area contributed by atoms with E-state index in [1.807, 2.05) is 0 Å². The Balaban J connectivity index is 2.64. The van der Waals surface area contributed by atoms with Gasteiger partial charge >= 0.3 is 0 Å². The molecule has 1 rings (SSSR count). The third kappa shape index (κ3) is 4.04. The first-order chi connectivity index (χ1) is 7.65. The van der Waals surface area contributed by atoms with Crippen molar-refractivity contribution in [2.24, 2.45) is 5.92 Å². The summed E-state index contributed by atoms with van der Waals surface area (Å²) in [5.41, 5.74) is 0. The lowest BCUT2D eigenvalue weighted by atomic mass is 10.1. The van der Waals surface area contributed by atoms with Crippen molar-refractivity contribution in [2.45, 2.75) is 33.1 Å². The molecular weight excluding hydrogens is 204 g/mol. The average Bonchev–Trinajstić information content (AvgIpc) is 2.28. The molecule has 0 saturated carbocycles. The Morgan fingerprint density at radius 3 is 2.12 bits per heavy atom. The van der Waals surface area contributed by atoms with Gasteiger partial charge in [0.2, 0.25) is 11.8 Å². The molecule has 4 heteroatoms. The number of hydrogen-bond donors (Lipinski definition) is 0. The Kier molecular flexibility index (Phi) is 5.02. The van der Waals surface area contributed by atoms with E-state index >= 15 is 0 Å². The van der Waals surface area contributed by atoms with Gasteiger partial charge in [0.25, 0.3) is 0 Å². The zero-order valence-corrected chi connectivity index (χ0v) is 10.5. The summed E-state index contributed by atoms with van der Waals surface area (Å²) >= 11 is 0. The van der Waals surface area contributed by atoms with Crippen LogP contribution in [0.4, 0.5) is 0 Å². The van der Waals surface area contributed by atoms with E-state index in [0.717, 1.165) is 18.7 Å². The minimum atomic E-state index is 0.561. The number of rotatable bonds is 6. The van der Waals surface area contributed by atoms with Gasteiger partial charge in [-0.15, -0.1) is 0 Å². The summed E-state index contributed by atoms with van der Waals surface area (Å²) < 4.78 is 10.2. The second-order valence-electron chi connectivity index (χ2n) is 4.15. The van der Waals surface area contributed by atoms with Crippen molar-refractivity contribution >= 4 is 0 Å². The normalized spacial score (nSPS) is 10.6. The van der Waals surface area contributed by atoms with Crippen molar-refractivity contribution in [1.82, 2.24) is 9.97 Å². The summed E-state index contributed by atoms with van der Waals surface area (Å²) in [6.45, 7) is 4.43. The van der Waals surface area contributed by atoms with E-state index < -0.39 is 0 Å². The van der Waals surface area contributed by atoms with Crippen LogP contribution in [-0.4, -0.2) is 24.2 Å². The maximum Gasteiger partial charge on any atom is 0.220 e. The largest absolute Gasteiger partial charge is 0.481 e.